The summed E-state index contributed by atoms with van der Waals surface area (Å²) in [6.07, 6.45) is 4.36. The van der Waals surface area contributed by atoms with Gasteiger partial charge in [0, 0.05) is 18.8 Å². The van der Waals surface area contributed by atoms with Gasteiger partial charge in [-0.3, -0.25) is 14.6 Å². The Morgan fingerprint density at radius 2 is 1.85 bits per heavy atom. The normalized spacial score (nSPS) is 12.3. The summed E-state index contributed by atoms with van der Waals surface area (Å²) in [5.74, 6) is -1.94. The Kier molecular flexibility index (Phi) is 8.76. The van der Waals surface area contributed by atoms with Crippen LogP contribution in [0.5, 0.6) is 0 Å². The van der Waals surface area contributed by atoms with Gasteiger partial charge in [0.2, 0.25) is 5.91 Å². The van der Waals surface area contributed by atoms with E-state index in [1.807, 2.05) is 30.3 Å². The second-order valence-electron chi connectivity index (χ2n) is 5.52. The molecule has 0 saturated heterocycles. The van der Waals surface area contributed by atoms with Gasteiger partial charge in [0.05, 0.1) is 12.1 Å². The molecule has 0 aliphatic heterocycles. The lowest BCUT2D eigenvalue weighted by Crippen LogP contribution is -2.53. The van der Waals surface area contributed by atoms with Crippen LogP contribution in [0.2, 0.25) is 0 Å². The molecule has 1 heterocycles. The van der Waals surface area contributed by atoms with Crippen molar-refractivity contribution in [3.8, 4) is 0 Å². The highest BCUT2D eigenvalue weighted by molar-refractivity contribution is 7.59. The Morgan fingerprint density at radius 1 is 1.15 bits per heavy atom. The van der Waals surface area contributed by atoms with Crippen molar-refractivity contribution in [2.75, 3.05) is 0 Å². The molecule has 2 aromatic rings. The topological polar surface area (TPSA) is 124 Å². The minimum Gasteiger partial charge on any atom is -0.426 e. The van der Waals surface area contributed by atoms with Crippen LogP contribution in [0.1, 0.15) is 23.0 Å². The first-order chi connectivity index (χ1) is 12.0. The number of benzene rings is 1. The molecule has 2 unspecified atom stereocenters. The van der Waals surface area contributed by atoms with Crippen molar-refractivity contribution in [2.45, 2.75) is 25.3 Å². The maximum Gasteiger partial charge on any atom is 0.475 e. The predicted molar refractivity (Wildman–Crippen MR) is 102 cm³/mol. The van der Waals surface area contributed by atoms with Gasteiger partial charge in [-0.25, -0.2) is 4.98 Å². The SMILES string of the molecule is CC(NC(=O)C(Cc1ccccc1)NC(=O)c1cnccn1)B(O)O.S. The molecule has 4 N–H and O–H groups in total. The number of carbonyl (C=O) groups is 2. The van der Waals surface area contributed by atoms with Gasteiger partial charge in [-0.1, -0.05) is 30.3 Å². The van der Waals surface area contributed by atoms with E-state index in [-0.39, 0.29) is 25.6 Å². The third kappa shape index (κ3) is 6.47. The number of carbonyl (C=O) groups excluding carboxylic acids is 2. The maximum absolute atomic E-state index is 12.4. The largest absolute Gasteiger partial charge is 0.475 e. The van der Waals surface area contributed by atoms with E-state index in [0.29, 0.717) is 0 Å². The van der Waals surface area contributed by atoms with Crippen LogP contribution in [0.15, 0.2) is 48.9 Å². The first kappa shape index (κ1) is 21.6. The van der Waals surface area contributed by atoms with Gasteiger partial charge in [-0.15, -0.1) is 0 Å². The van der Waals surface area contributed by atoms with Gasteiger partial charge in [0.15, 0.2) is 0 Å². The molecule has 0 fully saturated rings. The minimum atomic E-state index is -1.70. The van der Waals surface area contributed by atoms with Crippen LogP contribution < -0.4 is 10.6 Å². The zero-order valence-electron chi connectivity index (χ0n) is 14.2. The molecule has 0 saturated carbocycles. The highest BCUT2D eigenvalue weighted by Gasteiger charge is 2.27. The van der Waals surface area contributed by atoms with E-state index in [1.54, 1.807) is 0 Å². The Balaban J connectivity index is 0.00000338. The van der Waals surface area contributed by atoms with Crippen LogP contribution in [0.25, 0.3) is 0 Å². The van der Waals surface area contributed by atoms with Crippen molar-refractivity contribution in [2.24, 2.45) is 0 Å². The molecule has 2 atom stereocenters. The average molecular weight is 376 g/mol. The molecule has 0 spiro atoms. The number of rotatable bonds is 7. The smallest absolute Gasteiger partial charge is 0.426 e. The van der Waals surface area contributed by atoms with Crippen LogP contribution >= 0.6 is 13.5 Å². The van der Waals surface area contributed by atoms with Crippen molar-refractivity contribution in [3.05, 3.63) is 60.2 Å². The van der Waals surface area contributed by atoms with Gasteiger partial charge in [0.25, 0.3) is 5.91 Å². The number of nitrogens with one attached hydrogen (secondary N) is 2. The second-order valence-corrected chi connectivity index (χ2v) is 5.52. The second kappa shape index (κ2) is 10.5. The lowest BCUT2D eigenvalue weighted by molar-refractivity contribution is -0.123. The Labute approximate surface area is 158 Å². The fraction of sp³-hybridized carbons (Fsp3) is 0.250. The van der Waals surface area contributed by atoms with Gasteiger partial charge >= 0.3 is 7.12 Å². The van der Waals surface area contributed by atoms with E-state index >= 15 is 0 Å². The first-order valence-electron chi connectivity index (χ1n) is 7.74. The van der Waals surface area contributed by atoms with Crippen molar-refractivity contribution < 1.29 is 19.6 Å². The fourth-order valence-corrected chi connectivity index (χ4v) is 2.11. The van der Waals surface area contributed by atoms with Gasteiger partial charge in [-0.2, -0.15) is 13.5 Å². The first-order valence-corrected chi connectivity index (χ1v) is 7.74. The molecule has 1 aromatic heterocycles. The summed E-state index contributed by atoms with van der Waals surface area (Å²) >= 11 is 0. The van der Waals surface area contributed by atoms with E-state index in [4.69, 9.17) is 10.0 Å². The number of hydrogen-bond donors (Lipinski definition) is 4. The van der Waals surface area contributed by atoms with Gasteiger partial charge in [-0.05, 0) is 12.5 Å². The third-order valence-corrected chi connectivity index (χ3v) is 3.52. The maximum atomic E-state index is 12.4. The van der Waals surface area contributed by atoms with E-state index in [0.717, 1.165) is 5.56 Å². The molecular weight excluding hydrogens is 355 g/mol. The monoisotopic (exact) mass is 376 g/mol. The minimum absolute atomic E-state index is 0. The van der Waals surface area contributed by atoms with E-state index in [1.165, 1.54) is 25.5 Å². The molecule has 1 aromatic carbocycles. The summed E-state index contributed by atoms with van der Waals surface area (Å²) in [5, 5.41) is 23.3. The van der Waals surface area contributed by atoms with Crippen LogP contribution in [0, 0.1) is 0 Å². The summed E-state index contributed by atoms with van der Waals surface area (Å²) in [4.78, 5) is 32.4. The zero-order chi connectivity index (χ0) is 18.2. The van der Waals surface area contributed by atoms with E-state index in [9.17, 15) is 9.59 Å². The van der Waals surface area contributed by atoms with Crippen molar-refractivity contribution in [1.82, 2.24) is 20.6 Å². The number of hydrogen-bond acceptors (Lipinski definition) is 6. The summed E-state index contributed by atoms with van der Waals surface area (Å²) in [5.41, 5.74) is 0.933. The molecule has 26 heavy (non-hydrogen) atoms. The predicted octanol–water partition coefficient (Wildman–Crippen LogP) is -0.553. The highest BCUT2D eigenvalue weighted by Crippen LogP contribution is 2.05. The van der Waals surface area contributed by atoms with E-state index < -0.39 is 30.9 Å². The average Bonchev–Trinajstić information content (AvgIpc) is 2.62. The van der Waals surface area contributed by atoms with Crippen molar-refractivity contribution >= 4 is 32.4 Å². The molecule has 2 amide bonds. The van der Waals surface area contributed by atoms with Crippen LogP contribution in [-0.2, 0) is 11.2 Å². The third-order valence-electron chi connectivity index (χ3n) is 3.52. The lowest BCUT2D eigenvalue weighted by atomic mass is 9.81. The lowest BCUT2D eigenvalue weighted by Gasteiger charge is -2.21. The molecule has 138 valence electrons. The fourth-order valence-electron chi connectivity index (χ4n) is 2.11. The highest BCUT2D eigenvalue weighted by atomic mass is 32.1. The Bertz CT molecular complexity index is 706. The molecule has 0 aliphatic rings. The molecule has 10 heteroatoms. The molecular formula is C16H21BN4O4S. The van der Waals surface area contributed by atoms with Gasteiger partial charge in [0.1, 0.15) is 11.7 Å². The summed E-state index contributed by atoms with van der Waals surface area (Å²) < 4.78 is 0. The molecule has 0 aliphatic carbocycles. The standard InChI is InChI=1S/C16H19BN4O4.H2S/c1-11(17(24)25)20-15(22)13(9-12-5-3-2-4-6-12)21-16(23)14-10-18-7-8-19-14;/h2-8,10-11,13,24-25H,9H2,1H3,(H,20,22)(H,21,23);1H2. The summed E-state index contributed by atoms with van der Waals surface area (Å²) in [7, 11) is -1.70. The van der Waals surface area contributed by atoms with Gasteiger partial charge < -0.3 is 20.7 Å². The Hall–Kier alpha value is -2.43. The molecule has 8 nitrogen and oxygen atoms in total. The van der Waals surface area contributed by atoms with Crippen molar-refractivity contribution in [1.29, 1.82) is 0 Å². The van der Waals surface area contributed by atoms with Crippen LogP contribution in [0.4, 0.5) is 0 Å². The summed E-state index contributed by atoms with van der Waals surface area (Å²) in [6.45, 7) is 1.45. The summed E-state index contributed by atoms with van der Waals surface area (Å²) in [6, 6.07) is 8.26. The van der Waals surface area contributed by atoms with Crippen molar-refractivity contribution in [3.63, 3.8) is 0 Å². The molecule has 0 radical (unpaired) electrons. The molecule has 0 bridgehead atoms. The Morgan fingerprint density at radius 3 is 2.42 bits per heavy atom. The number of amides is 2. The number of aromatic nitrogens is 2. The van der Waals surface area contributed by atoms with Crippen LogP contribution in [-0.4, -0.2) is 50.9 Å². The zero-order valence-corrected chi connectivity index (χ0v) is 15.2. The quantitative estimate of drug-likeness (QED) is 0.481. The molecule has 2 rings (SSSR count). The van der Waals surface area contributed by atoms with E-state index in [2.05, 4.69) is 20.6 Å². The van der Waals surface area contributed by atoms with Crippen LogP contribution in [0.3, 0.4) is 0 Å². The number of nitrogens with zero attached hydrogens (tertiary/aromatic N) is 2.